The summed E-state index contributed by atoms with van der Waals surface area (Å²) in [7, 11) is 0. The average molecular weight is 300 g/mol. The van der Waals surface area contributed by atoms with Crippen LogP contribution in [0.25, 0.3) is 0 Å². The lowest BCUT2D eigenvalue weighted by Gasteiger charge is -2.07. The van der Waals surface area contributed by atoms with Gasteiger partial charge in [-0.2, -0.15) is 0 Å². The van der Waals surface area contributed by atoms with Crippen molar-refractivity contribution < 1.29 is 9.53 Å². The first-order valence-electron chi connectivity index (χ1n) is 7.34. The van der Waals surface area contributed by atoms with Crippen LogP contribution in [0.15, 0.2) is 36.4 Å². The third-order valence-corrected chi connectivity index (χ3v) is 2.87. The van der Waals surface area contributed by atoms with Gasteiger partial charge in [0, 0.05) is 12.2 Å². The Kier molecular flexibility index (Phi) is 5.71. The van der Waals surface area contributed by atoms with Crippen molar-refractivity contribution >= 4 is 17.4 Å². The third kappa shape index (κ3) is 4.44. The van der Waals surface area contributed by atoms with Gasteiger partial charge in [0.2, 0.25) is 0 Å². The molecule has 0 fully saturated rings. The van der Waals surface area contributed by atoms with E-state index in [4.69, 9.17) is 4.74 Å². The van der Waals surface area contributed by atoms with Crippen molar-refractivity contribution in [3.05, 3.63) is 42.1 Å². The first kappa shape index (κ1) is 15.8. The standard InChI is InChI=1S/C16H20N4O2/c1-3-11-17-16(21)14-9-10-15(20-19-14)18-12-5-7-13(8-6-12)22-4-2/h5-10H,3-4,11H2,1-2H3,(H,17,21)(H,18,20). The number of carbonyl (C=O) groups excluding carboxylic acids is 1. The second-order valence-corrected chi connectivity index (χ2v) is 4.64. The largest absolute Gasteiger partial charge is 0.494 e. The minimum Gasteiger partial charge on any atom is -0.494 e. The van der Waals surface area contributed by atoms with E-state index < -0.39 is 0 Å². The van der Waals surface area contributed by atoms with Crippen LogP contribution in [0.4, 0.5) is 11.5 Å². The fourth-order valence-corrected chi connectivity index (χ4v) is 1.80. The van der Waals surface area contributed by atoms with Gasteiger partial charge in [0.1, 0.15) is 5.75 Å². The summed E-state index contributed by atoms with van der Waals surface area (Å²) in [6.45, 7) is 5.21. The maximum Gasteiger partial charge on any atom is 0.271 e. The van der Waals surface area contributed by atoms with Crippen LogP contribution < -0.4 is 15.4 Å². The molecule has 1 aromatic heterocycles. The molecule has 6 heteroatoms. The fraction of sp³-hybridized carbons (Fsp3) is 0.312. The molecule has 0 saturated heterocycles. The van der Waals surface area contributed by atoms with Crippen LogP contribution >= 0.6 is 0 Å². The average Bonchev–Trinajstić information content (AvgIpc) is 2.55. The number of nitrogens with one attached hydrogen (secondary N) is 2. The molecule has 2 N–H and O–H groups in total. The third-order valence-electron chi connectivity index (χ3n) is 2.87. The molecule has 2 aromatic rings. The van der Waals surface area contributed by atoms with Gasteiger partial charge >= 0.3 is 0 Å². The molecule has 0 radical (unpaired) electrons. The van der Waals surface area contributed by atoms with Crippen LogP contribution in [0.5, 0.6) is 5.75 Å². The van der Waals surface area contributed by atoms with E-state index in [-0.39, 0.29) is 5.91 Å². The Hall–Kier alpha value is -2.63. The maximum atomic E-state index is 11.7. The normalized spacial score (nSPS) is 10.1. The van der Waals surface area contributed by atoms with Crippen LogP contribution in [-0.2, 0) is 0 Å². The number of amides is 1. The highest BCUT2D eigenvalue weighted by Gasteiger charge is 2.07. The Morgan fingerprint density at radius 2 is 1.86 bits per heavy atom. The highest BCUT2D eigenvalue weighted by atomic mass is 16.5. The van der Waals surface area contributed by atoms with E-state index in [1.54, 1.807) is 12.1 Å². The van der Waals surface area contributed by atoms with Crippen LogP contribution in [0, 0.1) is 0 Å². The molecular weight excluding hydrogens is 280 g/mol. The minimum atomic E-state index is -0.207. The fourth-order valence-electron chi connectivity index (χ4n) is 1.80. The van der Waals surface area contributed by atoms with E-state index in [1.165, 1.54) is 0 Å². The van der Waals surface area contributed by atoms with E-state index in [0.29, 0.717) is 24.7 Å². The van der Waals surface area contributed by atoms with Crippen LogP contribution in [-0.4, -0.2) is 29.3 Å². The molecule has 1 heterocycles. The van der Waals surface area contributed by atoms with Gasteiger partial charge in [-0.05, 0) is 49.7 Å². The van der Waals surface area contributed by atoms with Crippen molar-refractivity contribution in [3.8, 4) is 5.75 Å². The summed E-state index contributed by atoms with van der Waals surface area (Å²) in [4.78, 5) is 11.7. The van der Waals surface area contributed by atoms with Gasteiger partial charge in [-0.1, -0.05) is 6.92 Å². The Morgan fingerprint density at radius 3 is 2.45 bits per heavy atom. The monoisotopic (exact) mass is 300 g/mol. The summed E-state index contributed by atoms with van der Waals surface area (Å²) in [5.41, 5.74) is 1.19. The van der Waals surface area contributed by atoms with E-state index in [9.17, 15) is 4.79 Å². The maximum absolute atomic E-state index is 11.7. The molecule has 1 aromatic carbocycles. The molecule has 0 atom stereocenters. The second-order valence-electron chi connectivity index (χ2n) is 4.64. The Balaban J connectivity index is 1.97. The summed E-state index contributed by atoms with van der Waals surface area (Å²) in [5, 5.41) is 13.8. The summed E-state index contributed by atoms with van der Waals surface area (Å²) in [6.07, 6.45) is 0.885. The molecule has 0 saturated carbocycles. The number of hydrogen-bond acceptors (Lipinski definition) is 5. The Morgan fingerprint density at radius 1 is 1.09 bits per heavy atom. The zero-order valence-corrected chi connectivity index (χ0v) is 12.8. The molecule has 0 aliphatic rings. The number of ether oxygens (including phenoxy) is 1. The van der Waals surface area contributed by atoms with Crippen LogP contribution in [0.2, 0.25) is 0 Å². The van der Waals surface area contributed by atoms with Gasteiger partial charge in [0.25, 0.3) is 5.91 Å². The van der Waals surface area contributed by atoms with Gasteiger partial charge in [-0.15, -0.1) is 10.2 Å². The van der Waals surface area contributed by atoms with Crippen molar-refractivity contribution in [2.24, 2.45) is 0 Å². The molecule has 6 nitrogen and oxygen atoms in total. The van der Waals surface area contributed by atoms with Gasteiger partial charge in [-0.3, -0.25) is 4.79 Å². The van der Waals surface area contributed by atoms with E-state index >= 15 is 0 Å². The summed E-state index contributed by atoms with van der Waals surface area (Å²) in [5.74, 6) is 1.19. The van der Waals surface area contributed by atoms with Crippen molar-refractivity contribution in [1.29, 1.82) is 0 Å². The molecule has 0 aliphatic heterocycles. The highest BCUT2D eigenvalue weighted by molar-refractivity contribution is 5.92. The van der Waals surface area contributed by atoms with Crippen molar-refractivity contribution in [2.75, 3.05) is 18.5 Å². The zero-order valence-electron chi connectivity index (χ0n) is 12.8. The van der Waals surface area contributed by atoms with Crippen molar-refractivity contribution in [2.45, 2.75) is 20.3 Å². The minimum absolute atomic E-state index is 0.207. The first-order valence-corrected chi connectivity index (χ1v) is 7.34. The van der Waals surface area contributed by atoms with Crippen LogP contribution in [0.3, 0.4) is 0 Å². The van der Waals surface area contributed by atoms with E-state index in [2.05, 4.69) is 20.8 Å². The number of hydrogen-bond donors (Lipinski definition) is 2. The molecule has 0 aliphatic carbocycles. The quantitative estimate of drug-likeness (QED) is 0.822. The number of nitrogens with zero attached hydrogens (tertiary/aromatic N) is 2. The van der Waals surface area contributed by atoms with Gasteiger partial charge in [0.05, 0.1) is 6.61 Å². The molecule has 1 amide bonds. The Labute approximate surface area is 129 Å². The summed E-state index contributed by atoms with van der Waals surface area (Å²) >= 11 is 0. The SMILES string of the molecule is CCCNC(=O)c1ccc(Nc2ccc(OCC)cc2)nn1. The molecule has 0 bridgehead atoms. The van der Waals surface area contributed by atoms with Crippen LogP contribution in [0.1, 0.15) is 30.8 Å². The molecule has 2 rings (SSSR count). The predicted octanol–water partition coefficient (Wildman–Crippen LogP) is 2.76. The summed E-state index contributed by atoms with van der Waals surface area (Å²) < 4.78 is 5.39. The number of rotatable bonds is 7. The Bertz CT molecular complexity index is 597. The van der Waals surface area contributed by atoms with Gasteiger partial charge in [0.15, 0.2) is 11.5 Å². The zero-order chi connectivity index (χ0) is 15.8. The van der Waals surface area contributed by atoms with Crippen molar-refractivity contribution in [1.82, 2.24) is 15.5 Å². The smallest absolute Gasteiger partial charge is 0.271 e. The molecule has 0 unspecified atom stereocenters. The number of aromatic nitrogens is 2. The van der Waals surface area contributed by atoms with Gasteiger partial charge in [-0.25, -0.2) is 0 Å². The molecule has 116 valence electrons. The van der Waals surface area contributed by atoms with E-state index in [1.807, 2.05) is 38.1 Å². The lowest BCUT2D eigenvalue weighted by Crippen LogP contribution is -2.25. The van der Waals surface area contributed by atoms with E-state index in [0.717, 1.165) is 17.9 Å². The predicted molar refractivity (Wildman–Crippen MR) is 85.5 cm³/mol. The second kappa shape index (κ2) is 7.97. The summed E-state index contributed by atoms with van der Waals surface area (Å²) in [6, 6.07) is 10.9. The molecular formula is C16H20N4O2. The first-order chi connectivity index (χ1) is 10.7. The molecule has 22 heavy (non-hydrogen) atoms. The van der Waals surface area contributed by atoms with Crippen molar-refractivity contribution in [3.63, 3.8) is 0 Å². The number of carbonyl (C=O) groups is 1. The molecule has 0 spiro atoms. The number of benzene rings is 1. The number of anilines is 2. The van der Waals surface area contributed by atoms with Gasteiger partial charge < -0.3 is 15.4 Å². The lowest BCUT2D eigenvalue weighted by atomic mass is 10.3. The lowest BCUT2D eigenvalue weighted by molar-refractivity contribution is 0.0947. The highest BCUT2D eigenvalue weighted by Crippen LogP contribution is 2.18. The topological polar surface area (TPSA) is 76.1 Å².